The number of nitrogens with two attached hydrogens (primary N) is 1. The SMILES string of the molecule is Cc1ccc(-c2cc(-c3ccc4c(c3)CCNC4=O)c(N)nc2F)cc1. The minimum Gasteiger partial charge on any atom is -0.383 e. The number of benzene rings is 2. The van der Waals surface area contributed by atoms with Crippen LogP contribution in [0, 0.1) is 12.9 Å². The van der Waals surface area contributed by atoms with Crippen molar-refractivity contribution in [3.8, 4) is 22.3 Å². The summed E-state index contributed by atoms with van der Waals surface area (Å²) in [6, 6.07) is 14.9. The second kappa shape index (κ2) is 6.26. The van der Waals surface area contributed by atoms with Crippen LogP contribution in [0.1, 0.15) is 21.5 Å². The maximum Gasteiger partial charge on any atom is 0.251 e. The van der Waals surface area contributed by atoms with Crippen LogP contribution in [0.5, 0.6) is 0 Å². The van der Waals surface area contributed by atoms with Gasteiger partial charge in [-0.15, -0.1) is 0 Å². The average molecular weight is 347 g/mol. The summed E-state index contributed by atoms with van der Waals surface area (Å²) in [5.41, 5.74) is 11.4. The molecular formula is C21H18FN3O. The molecule has 1 aliphatic rings. The molecule has 0 bridgehead atoms. The number of rotatable bonds is 2. The number of halogens is 1. The molecule has 4 rings (SSSR count). The fourth-order valence-corrected chi connectivity index (χ4v) is 3.27. The van der Waals surface area contributed by atoms with Gasteiger partial charge in [-0.3, -0.25) is 4.79 Å². The second-order valence-electron chi connectivity index (χ2n) is 6.50. The van der Waals surface area contributed by atoms with Crippen molar-refractivity contribution in [2.75, 3.05) is 12.3 Å². The normalized spacial score (nSPS) is 13.2. The topological polar surface area (TPSA) is 68.0 Å². The van der Waals surface area contributed by atoms with Crippen molar-refractivity contribution < 1.29 is 9.18 Å². The Labute approximate surface area is 150 Å². The lowest BCUT2D eigenvalue weighted by molar-refractivity contribution is 0.0946. The lowest BCUT2D eigenvalue weighted by Gasteiger charge is -2.18. The number of fused-ring (bicyclic) bond motifs is 1. The van der Waals surface area contributed by atoms with E-state index in [1.54, 1.807) is 12.1 Å². The van der Waals surface area contributed by atoms with E-state index < -0.39 is 5.95 Å². The third-order valence-corrected chi connectivity index (χ3v) is 4.71. The molecule has 5 heteroatoms. The molecule has 0 saturated carbocycles. The predicted molar refractivity (Wildman–Crippen MR) is 100 cm³/mol. The number of aromatic nitrogens is 1. The van der Waals surface area contributed by atoms with Crippen LogP contribution in [0.3, 0.4) is 0 Å². The van der Waals surface area contributed by atoms with Crippen molar-refractivity contribution in [1.82, 2.24) is 10.3 Å². The van der Waals surface area contributed by atoms with Crippen molar-refractivity contribution in [3.63, 3.8) is 0 Å². The molecule has 2 aromatic carbocycles. The summed E-state index contributed by atoms with van der Waals surface area (Å²) in [4.78, 5) is 15.8. The molecule has 0 saturated heterocycles. The number of nitrogens with one attached hydrogen (secondary N) is 1. The molecule has 0 unspecified atom stereocenters. The number of amides is 1. The maximum absolute atomic E-state index is 14.4. The van der Waals surface area contributed by atoms with Gasteiger partial charge in [-0.25, -0.2) is 4.98 Å². The van der Waals surface area contributed by atoms with Gasteiger partial charge in [0, 0.05) is 23.2 Å². The summed E-state index contributed by atoms with van der Waals surface area (Å²) in [5.74, 6) is -0.519. The van der Waals surface area contributed by atoms with Crippen LogP contribution in [-0.2, 0) is 6.42 Å². The highest BCUT2D eigenvalue weighted by atomic mass is 19.1. The minimum atomic E-state index is -0.590. The van der Waals surface area contributed by atoms with Gasteiger partial charge >= 0.3 is 0 Å². The van der Waals surface area contributed by atoms with Gasteiger partial charge < -0.3 is 11.1 Å². The quantitative estimate of drug-likeness (QED) is 0.694. The average Bonchev–Trinajstić information content (AvgIpc) is 2.63. The molecule has 2 heterocycles. The zero-order chi connectivity index (χ0) is 18.3. The Morgan fingerprint density at radius 2 is 1.73 bits per heavy atom. The first-order valence-electron chi connectivity index (χ1n) is 8.47. The van der Waals surface area contributed by atoms with Crippen LogP contribution in [0.2, 0.25) is 0 Å². The van der Waals surface area contributed by atoms with Crippen molar-refractivity contribution in [1.29, 1.82) is 0 Å². The highest BCUT2D eigenvalue weighted by molar-refractivity contribution is 5.97. The molecule has 1 aromatic heterocycles. The summed E-state index contributed by atoms with van der Waals surface area (Å²) >= 11 is 0. The van der Waals surface area contributed by atoms with Gasteiger partial charge in [-0.1, -0.05) is 42.0 Å². The van der Waals surface area contributed by atoms with Crippen molar-refractivity contribution >= 4 is 11.7 Å². The molecule has 0 spiro atoms. The van der Waals surface area contributed by atoms with Crippen LogP contribution in [-0.4, -0.2) is 17.4 Å². The van der Waals surface area contributed by atoms with E-state index in [2.05, 4.69) is 10.3 Å². The Balaban J connectivity index is 1.83. The van der Waals surface area contributed by atoms with E-state index >= 15 is 0 Å². The number of hydrogen-bond acceptors (Lipinski definition) is 3. The summed E-state index contributed by atoms with van der Waals surface area (Å²) in [7, 11) is 0. The number of hydrogen-bond donors (Lipinski definition) is 2. The van der Waals surface area contributed by atoms with Crippen LogP contribution in [0.15, 0.2) is 48.5 Å². The van der Waals surface area contributed by atoms with Gasteiger partial charge in [-0.2, -0.15) is 4.39 Å². The first kappa shape index (κ1) is 16.3. The van der Waals surface area contributed by atoms with E-state index in [0.717, 1.165) is 28.7 Å². The van der Waals surface area contributed by atoms with Crippen LogP contribution in [0.25, 0.3) is 22.3 Å². The Kier molecular flexibility index (Phi) is 3.92. The van der Waals surface area contributed by atoms with Crippen molar-refractivity contribution in [3.05, 3.63) is 71.2 Å². The standard InChI is InChI=1S/C21H18FN3O/c1-12-2-4-13(5-3-12)17-11-18(20(23)25-19(17)22)14-6-7-16-15(10-14)8-9-24-21(16)26/h2-7,10-11H,8-9H2,1H3,(H2,23,25)(H,24,26). The van der Waals surface area contributed by atoms with E-state index in [4.69, 9.17) is 5.73 Å². The monoisotopic (exact) mass is 347 g/mol. The fourth-order valence-electron chi connectivity index (χ4n) is 3.27. The number of carbonyl (C=O) groups excluding carboxylic acids is 1. The van der Waals surface area contributed by atoms with Gasteiger partial charge in [0.1, 0.15) is 5.82 Å². The van der Waals surface area contributed by atoms with Gasteiger partial charge in [0.15, 0.2) is 0 Å². The van der Waals surface area contributed by atoms with E-state index in [1.807, 2.05) is 43.3 Å². The zero-order valence-electron chi connectivity index (χ0n) is 14.3. The summed E-state index contributed by atoms with van der Waals surface area (Å²) in [6.07, 6.45) is 0.758. The second-order valence-corrected chi connectivity index (χ2v) is 6.50. The third kappa shape index (κ3) is 2.81. The lowest BCUT2D eigenvalue weighted by atomic mass is 9.94. The van der Waals surface area contributed by atoms with Gasteiger partial charge in [-0.05, 0) is 42.2 Å². The van der Waals surface area contributed by atoms with Crippen molar-refractivity contribution in [2.45, 2.75) is 13.3 Å². The first-order valence-corrected chi connectivity index (χ1v) is 8.47. The summed E-state index contributed by atoms with van der Waals surface area (Å²) in [5, 5.41) is 2.83. The molecule has 130 valence electrons. The molecule has 26 heavy (non-hydrogen) atoms. The van der Waals surface area contributed by atoms with Crippen LogP contribution >= 0.6 is 0 Å². The smallest absolute Gasteiger partial charge is 0.251 e. The van der Waals surface area contributed by atoms with Crippen LogP contribution in [0.4, 0.5) is 10.2 Å². The largest absolute Gasteiger partial charge is 0.383 e. The zero-order valence-corrected chi connectivity index (χ0v) is 14.3. The highest BCUT2D eigenvalue weighted by Crippen LogP contribution is 2.33. The van der Waals surface area contributed by atoms with Crippen LogP contribution < -0.4 is 11.1 Å². The van der Waals surface area contributed by atoms with Gasteiger partial charge in [0.25, 0.3) is 5.91 Å². The maximum atomic E-state index is 14.4. The molecule has 0 radical (unpaired) electrons. The molecule has 0 atom stereocenters. The number of anilines is 1. The van der Waals surface area contributed by atoms with Gasteiger partial charge in [0.2, 0.25) is 5.95 Å². The first-order chi connectivity index (χ1) is 12.5. The number of nitrogen functional groups attached to an aromatic ring is 1. The number of carbonyl (C=O) groups is 1. The highest BCUT2D eigenvalue weighted by Gasteiger charge is 2.19. The molecule has 0 aliphatic carbocycles. The Hall–Kier alpha value is -3.21. The van der Waals surface area contributed by atoms with E-state index in [0.29, 0.717) is 23.2 Å². The number of aryl methyl sites for hydroxylation is 1. The lowest BCUT2D eigenvalue weighted by Crippen LogP contribution is -2.31. The fraction of sp³-hybridized carbons (Fsp3) is 0.143. The summed E-state index contributed by atoms with van der Waals surface area (Å²) in [6.45, 7) is 2.59. The number of pyridine rings is 1. The van der Waals surface area contributed by atoms with E-state index in [-0.39, 0.29) is 11.7 Å². The molecular weight excluding hydrogens is 329 g/mol. The Morgan fingerprint density at radius 1 is 1.00 bits per heavy atom. The van der Waals surface area contributed by atoms with Gasteiger partial charge in [0.05, 0.1) is 0 Å². The molecule has 4 nitrogen and oxygen atoms in total. The van der Waals surface area contributed by atoms with Crippen molar-refractivity contribution in [2.24, 2.45) is 0 Å². The minimum absolute atomic E-state index is 0.0663. The van der Waals surface area contributed by atoms with E-state index in [9.17, 15) is 9.18 Å². The molecule has 3 aromatic rings. The summed E-state index contributed by atoms with van der Waals surface area (Å²) < 4.78 is 14.4. The predicted octanol–water partition coefficient (Wildman–Crippen LogP) is 3.73. The van der Waals surface area contributed by atoms with E-state index in [1.165, 1.54) is 0 Å². The molecule has 1 amide bonds. The molecule has 1 aliphatic heterocycles. The number of nitrogens with zero attached hydrogens (tertiary/aromatic N) is 1. The molecule has 0 fully saturated rings. The molecule has 3 N–H and O–H groups in total. The Morgan fingerprint density at radius 3 is 2.50 bits per heavy atom. The third-order valence-electron chi connectivity index (χ3n) is 4.71. The Bertz CT molecular complexity index is 1010.